The molecule has 26 heavy (non-hydrogen) atoms. The van der Waals surface area contributed by atoms with Gasteiger partial charge in [0.15, 0.2) is 0 Å². The fraction of sp³-hybridized carbons (Fsp3) is 0.211. The van der Waals surface area contributed by atoms with Crippen molar-refractivity contribution in [1.29, 1.82) is 0 Å². The van der Waals surface area contributed by atoms with Crippen LogP contribution in [0, 0.1) is 5.92 Å². The molecule has 0 amide bonds. The first-order valence-corrected chi connectivity index (χ1v) is 7.89. The van der Waals surface area contributed by atoms with Gasteiger partial charge in [0, 0.05) is 0 Å². The highest BCUT2D eigenvalue weighted by Gasteiger charge is 2.20. The second-order valence-electron chi connectivity index (χ2n) is 5.66. The minimum atomic E-state index is -0.985. The average Bonchev–Trinajstić information content (AvgIpc) is 2.65. The van der Waals surface area contributed by atoms with E-state index in [9.17, 15) is 14.4 Å². The summed E-state index contributed by atoms with van der Waals surface area (Å²) in [5, 5.41) is 0. The van der Waals surface area contributed by atoms with E-state index >= 15 is 0 Å². The molecule has 7 nitrogen and oxygen atoms in total. The van der Waals surface area contributed by atoms with E-state index in [1.807, 2.05) is 13.8 Å². The van der Waals surface area contributed by atoms with Gasteiger partial charge in [-0.25, -0.2) is 24.2 Å². The van der Waals surface area contributed by atoms with Crippen molar-refractivity contribution in [3.05, 3.63) is 65.7 Å². The summed E-state index contributed by atoms with van der Waals surface area (Å²) in [6.45, 7) is 3.93. The second kappa shape index (κ2) is 9.22. The van der Waals surface area contributed by atoms with E-state index in [-0.39, 0.29) is 29.4 Å². The standard InChI is InChI=1S/C19H18O7/c1-13(2)12-23-19(22)24-16-11-7-6-10-15(16)18(21)26-25-17(20)14-8-4-3-5-9-14/h3-11,13H,12H2,1-2H3. The van der Waals surface area contributed by atoms with Gasteiger partial charge in [-0.2, -0.15) is 0 Å². The molecule has 2 aromatic rings. The van der Waals surface area contributed by atoms with Gasteiger partial charge in [0.2, 0.25) is 0 Å². The summed E-state index contributed by atoms with van der Waals surface area (Å²) < 4.78 is 9.91. The van der Waals surface area contributed by atoms with Crippen LogP contribution in [0.25, 0.3) is 0 Å². The van der Waals surface area contributed by atoms with Gasteiger partial charge in [-0.3, -0.25) is 0 Å². The van der Waals surface area contributed by atoms with Crippen LogP contribution in [0.1, 0.15) is 34.6 Å². The molecule has 0 aliphatic heterocycles. The van der Waals surface area contributed by atoms with Crippen molar-refractivity contribution in [2.45, 2.75) is 13.8 Å². The highest BCUT2D eigenvalue weighted by atomic mass is 17.2. The first-order valence-electron chi connectivity index (χ1n) is 7.89. The Morgan fingerprint density at radius 3 is 2.15 bits per heavy atom. The Morgan fingerprint density at radius 2 is 1.46 bits per heavy atom. The molecule has 7 heteroatoms. The fourth-order valence-electron chi connectivity index (χ4n) is 1.82. The topological polar surface area (TPSA) is 88.1 Å². The molecular weight excluding hydrogens is 340 g/mol. The lowest BCUT2D eigenvalue weighted by Gasteiger charge is -2.10. The maximum Gasteiger partial charge on any atom is 0.513 e. The van der Waals surface area contributed by atoms with Crippen molar-refractivity contribution < 1.29 is 33.6 Å². The molecule has 0 spiro atoms. The van der Waals surface area contributed by atoms with Gasteiger partial charge in [0.05, 0.1) is 12.2 Å². The zero-order chi connectivity index (χ0) is 18.9. The number of carbonyl (C=O) groups is 3. The lowest BCUT2D eigenvalue weighted by molar-refractivity contribution is -0.187. The van der Waals surface area contributed by atoms with E-state index in [0.717, 1.165) is 0 Å². The van der Waals surface area contributed by atoms with Crippen LogP contribution < -0.4 is 4.74 Å². The van der Waals surface area contributed by atoms with Crippen LogP contribution in [-0.2, 0) is 14.5 Å². The number of hydrogen-bond acceptors (Lipinski definition) is 7. The van der Waals surface area contributed by atoms with E-state index in [1.165, 1.54) is 24.3 Å². The SMILES string of the molecule is CC(C)COC(=O)Oc1ccccc1C(=O)OOC(=O)c1ccccc1. The van der Waals surface area contributed by atoms with Crippen LogP contribution in [0.5, 0.6) is 5.75 Å². The summed E-state index contributed by atoms with van der Waals surface area (Å²) in [4.78, 5) is 44.6. The van der Waals surface area contributed by atoms with Gasteiger partial charge < -0.3 is 9.47 Å². The lowest BCUT2D eigenvalue weighted by Crippen LogP contribution is -2.17. The molecule has 0 saturated heterocycles. The molecular formula is C19H18O7. The molecule has 0 aliphatic carbocycles. The molecule has 0 aliphatic rings. The number of rotatable bonds is 5. The zero-order valence-corrected chi connectivity index (χ0v) is 14.3. The molecule has 0 aromatic heterocycles. The van der Waals surface area contributed by atoms with Gasteiger partial charge >= 0.3 is 18.1 Å². The third kappa shape index (κ3) is 5.62. The van der Waals surface area contributed by atoms with Crippen LogP contribution in [-0.4, -0.2) is 24.7 Å². The summed E-state index contributed by atoms with van der Waals surface area (Å²) in [6.07, 6.45) is -0.944. The molecule has 136 valence electrons. The Hall–Kier alpha value is -3.35. The number of carbonyl (C=O) groups excluding carboxylic acids is 3. The van der Waals surface area contributed by atoms with Gasteiger partial charge in [0.25, 0.3) is 0 Å². The van der Waals surface area contributed by atoms with Crippen molar-refractivity contribution in [2.75, 3.05) is 6.61 Å². The Balaban J connectivity index is 1.98. The largest absolute Gasteiger partial charge is 0.513 e. The maximum absolute atomic E-state index is 12.1. The monoisotopic (exact) mass is 358 g/mol. The number of para-hydroxylation sites is 1. The number of hydrogen-bond donors (Lipinski definition) is 0. The molecule has 0 radical (unpaired) electrons. The van der Waals surface area contributed by atoms with E-state index in [2.05, 4.69) is 9.78 Å². The van der Waals surface area contributed by atoms with Gasteiger partial charge in [-0.15, -0.1) is 0 Å². The van der Waals surface area contributed by atoms with Crippen LogP contribution >= 0.6 is 0 Å². The highest BCUT2D eigenvalue weighted by Crippen LogP contribution is 2.20. The zero-order valence-electron chi connectivity index (χ0n) is 14.3. The van der Waals surface area contributed by atoms with Crippen LogP contribution in [0.15, 0.2) is 54.6 Å². The minimum absolute atomic E-state index is 0.0676. The Labute approximate surface area is 150 Å². The molecule has 0 N–H and O–H groups in total. The fourth-order valence-corrected chi connectivity index (χ4v) is 1.82. The highest BCUT2D eigenvalue weighted by molar-refractivity contribution is 5.94. The smallest absolute Gasteiger partial charge is 0.434 e. The molecule has 0 atom stereocenters. The summed E-state index contributed by atoms with van der Waals surface area (Å²) in [5.41, 5.74) is 0.136. The van der Waals surface area contributed by atoms with Crippen molar-refractivity contribution in [1.82, 2.24) is 0 Å². The molecule has 0 unspecified atom stereocenters. The number of benzene rings is 2. The summed E-state index contributed by atoms with van der Waals surface area (Å²) in [6, 6.07) is 13.9. The quantitative estimate of drug-likeness (QED) is 0.348. The third-order valence-electron chi connectivity index (χ3n) is 3.04. The number of ether oxygens (including phenoxy) is 2. The third-order valence-corrected chi connectivity index (χ3v) is 3.04. The summed E-state index contributed by atoms with van der Waals surface area (Å²) in [5.74, 6) is -1.74. The van der Waals surface area contributed by atoms with Crippen LogP contribution in [0.3, 0.4) is 0 Å². The predicted octanol–water partition coefficient (Wildman–Crippen LogP) is 3.79. The molecule has 2 rings (SSSR count). The molecule has 0 bridgehead atoms. The Kier molecular flexibility index (Phi) is 6.73. The molecule has 2 aromatic carbocycles. The van der Waals surface area contributed by atoms with Gasteiger partial charge in [0.1, 0.15) is 11.3 Å². The minimum Gasteiger partial charge on any atom is -0.434 e. The van der Waals surface area contributed by atoms with Crippen LogP contribution in [0.2, 0.25) is 0 Å². The summed E-state index contributed by atoms with van der Waals surface area (Å²) >= 11 is 0. The van der Waals surface area contributed by atoms with Crippen LogP contribution in [0.4, 0.5) is 4.79 Å². The van der Waals surface area contributed by atoms with E-state index in [0.29, 0.717) is 0 Å². The van der Waals surface area contributed by atoms with E-state index in [1.54, 1.807) is 30.3 Å². The Morgan fingerprint density at radius 1 is 0.846 bits per heavy atom. The second-order valence-corrected chi connectivity index (χ2v) is 5.66. The first kappa shape index (κ1) is 19.0. The maximum atomic E-state index is 12.1. The van der Waals surface area contributed by atoms with E-state index < -0.39 is 18.1 Å². The predicted molar refractivity (Wildman–Crippen MR) is 90.5 cm³/mol. The van der Waals surface area contributed by atoms with Crippen molar-refractivity contribution >= 4 is 18.1 Å². The van der Waals surface area contributed by atoms with Crippen molar-refractivity contribution in [3.63, 3.8) is 0 Å². The van der Waals surface area contributed by atoms with Crippen molar-refractivity contribution in [3.8, 4) is 5.75 Å². The first-order chi connectivity index (χ1) is 12.5. The van der Waals surface area contributed by atoms with E-state index in [4.69, 9.17) is 9.47 Å². The van der Waals surface area contributed by atoms with Gasteiger partial charge in [-0.05, 0) is 30.2 Å². The molecule has 0 saturated carbocycles. The van der Waals surface area contributed by atoms with Crippen molar-refractivity contribution in [2.24, 2.45) is 5.92 Å². The molecule has 0 heterocycles. The Bertz CT molecular complexity index is 768. The lowest BCUT2D eigenvalue weighted by atomic mass is 10.2. The summed E-state index contributed by atoms with van der Waals surface area (Å²) in [7, 11) is 0. The normalized spacial score (nSPS) is 10.1. The van der Waals surface area contributed by atoms with Gasteiger partial charge in [-0.1, -0.05) is 44.2 Å². The molecule has 0 fully saturated rings. The average molecular weight is 358 g/mol.